The Balaban J connectivity index is 1.13. The van der Waals surface area contributed by atoms with Gasteiger partial charge in [0.15, 0.2) is 0 Å². The molecule has 3 fully saturated rings. The SMILES string of the molecule is Cc1ccc(-c2cnc(C3CC3)nc2)cc1NC(=O)c1cnn2ccc(N3CC4(COC4)C3)cc12. The van der Waals surface area contributed by atoms with Crippen LogP contribution in [0.3, 0.4) is 0 Å². The molecule has 1 N–H and O–H groups in total. The van der Waals surface area contributed by atoms with E-state index in [0.29, 0.717) is 16.9 Å². The molecule has 176 valence electrons. The lowest BCUT2D eigenvalue weighted by molar-refractivity contribution is -0.127. The van der Waals surface area contributed by atoms with Crippen LogP contribution in [0.15, 0.2) is 55.1 Å². The molecule has 5 heterocycles. The molecule has 8 nitrogen and oxygen atoms in total. The van der Waals surface area contributed by atoms with E-state index in [-0.39, 0.29) is 5.91 Å². The van der Waals surface area contributed by atoms with Crippen molar-refractivity contribution < 1.29 is 9.53 Å². The van der Waals surface area contributed by atoms with E-state index in [1.807, 2.05) is 43.7 Å². The van der Waals surface area contributed by atoms with Crippen molar-refractivity contribution in [3.8, 4) is 11.1 Å². The fraction of sp³-hybridized carbons (Fsp3) is 0.333. The van der Waals surface area contributed by atoms with Gasteiger partial charge in [0.1, 0.15) is 5.82 Å². The van der Waals surface area contributed by atoms with E-state index in [1.54, 1.807) is 10.7 Å². The number of ether oxygens (including phenoxy) is 1. The van der Waals surface area contributed by atoms with Crippen molar-refractivity contribution in [1.82, 2.24) is 19.6 Å². The fourth-order valence-electron chi connectivity index (χ4n) is 5.03. The van der Waals surface area contributed by atoms with Crippen LogP contribution in [0.5, 0.6) is 0 Å². The molecule has 1 amide bonds. The maximum atomic E-state index is 13.3. The van der Waals surface area contributed by atoms with Gasteiger partial charge in [0.2, 0.25) is 0 Å². The minimum atomic E-state index is -0.176. The number of benzene rings is 1. The number of carbonyl (C=O) groups is 1. The van der Waals surface area contributed by atoms with Gasteiger partial charge in [-0.3, -0.25) is 4.79 Å². The summed E-state index contributed by atoms with van der Waals surface area (Å²) in [7, 11) is 0. The Morgan fingerprint density at radius 3 is 2.57 bits per heavy atom. The van der Waals surface area contributed by atoms with Gasteiger partial charge in [-0.05, 0) is 49.1 Å². The number of fused-ring (bicyclic) bond motifs is 1. The van der Waals surface area contributed by atoms with E-state index in [0.717, 1.165) is 65.7 Å². The number of anilines is 2. The van der Waals surface area contributed by atoms with Gasteiger partial charge in [-0.1, -0.05) is 12.1 Å². The standard InChI is InChI=1S/C27H26N6O2/c1-17-2-3-19(20-10-28-25(29-11-20)18-4-5-18)8-23(17)31-26(34)22-12-30-33-7-6-21(9-24(22)33)32-13-27(14-32)15-35-16-27/h2-3,6-12,18H,4-5,13-16H2,1H3,(H,31,34). The van der Waals surface area contributed by atoms with Crippen LogP contribution in [0.1, 0.15) is 40.5 Å². The molecular weight excluding hydrogens is 440 g/mol. The number of hydrogen-bond acceptors (Lipinski definition) is 6. The quantitative estimate of drug-likeness (QED) is 0.477. The maximum Gasteiger partial charge on any atom is 0.259 e. The van der Waals surface area contributed by atoms with Crippen LogP contribution in [-0.2, 0) is 4.74 Å². The molecule has 0 radical (unpaired) electrons. The van der Waals surface area contributed by atoms with Crippen LogP contribution in [-0.4, -0.2) is 51.8 Å². The summed E-state index contributed by atoms with van der Waals surface area (Å²) >= 11 is 0. The maximum absolute atomic E-state index is 13.3. The average Bonchev–Trinajstić information content (AvgIpc) is 3.58. The minimum absolute atomic E-state index is 0.176. The zero-order valence-corrected chi connectivity index (χ0v) is 19.6. The van der Waals surface area contributed by atoms with E-state index in [2.05, 4.69) is 37.4 Å². The molecule has 3 aliphatic rings. The number of aryl methyl sites for hydroxylation is 1. The Bertz CT molecular complexity index is 1440. The third-order valence-electron chi connectivity index (χ3n) is 7.42. The first kappa shape index (κ1) is 20.6. The lowest BCUT2D eigenvalue weighted by Gasteiger charge is -2.56. The number of nitrogens with one attached hydrogen (secondary N) is 1. The van der Waals surface area contributed by atoms with Gasteiger partial charge in [-0.2, -0.15) is 5.10 Å². The van der Waals surface area contributed by atoms with Crippen molar-refractivity contribution in [3.63, 3.8) is 0 Å². The molecule has 3 aromatic heterocycles. The van der Waals surface area contributed by atoms with Gasteiger partial charge >= 0.3 is 0 Å². The summed E-state index contributed by atoms with van der Waals surface area (Å²) in [5.74, 6) is 1.28. The highest BCUT2D eigenvalue weighted by molar-refractivity contribution is 6.09. The van der Waals surface area contributed by atoms with Crippen LogP contribution in [0.2, 0.25) is 0 Å². The van der Waals surface area contributed by atoms with Crippen molar-refractivity contribution in [3.05, 3.63) is 72.1 Å². The molecule has 1 saturated carbocycles. The summed E-state index contributed by atoms with van der Waals surface area (Å²) in [5, 5.41) is 7.50. The second-order valence-corrected chi connectivity index (χ2v) is 10.2. The van der Waals surface area contributed by atoms with Gasteiger partial charge in [0.05, 0.1) is 35.9 Å². The van der Waals surface area contributed by atoms with Crippen LogP contribution in [0, 0.1) is 12.3 Å². The number of amides is 1. The highest BCUT2D eigenvalue weighted by atomic mass is 16.5. The van der Waals surface area contributed by atoms with Gasteiger partial charge in [0.25, 0.3) is 5.91 Å². The molecule has 1 spiro atoms. The monoisotopic (exact) mass is 466 g/mol. The highest BCUT2D eigenvalue weighted by Gasteiger charge is 2.49. The predicted molar refractivity (Wildman–Crippen MR) is 133 cm³/mol. The number of rotatable bonds is 5. The van der Waals surface area contributed by atoms with E-state index in [9.17, 15) is 4.79 Å². The summed E-state index contributed by atoms with van der Waals surface area (Å²) in [6.07, 6.45) is 9.66. The molecule has 0 atom stereocenters. The van der Waals surface area contributed by atoms with Crippen LogP contribution in [0.4, 0.5) is 11.4 Å². The molecular formula is C27H26N6O2. The summed E-state index contributed by atoms with van der Waals surface area (Å²) in [6, 6.07) is 10.1. The number of pyridine rings is 1. The van der Waals surface area contributed by atoms with Crippen molar-refractivity contribution in [2.45, 2.75) is 25.7 Å². The molecule has 35 heavy (non-hydrogen) atoms. The average molecular weight is 467 g/mol. The smallest absolute Gasteiger partial charge is 0.259 e. The Hall–Kier alpha value is -3.78. The zero-order valence-electron chi connectivity index (χ0n) is 19.6. The first-order valence-corrected chi connectivity index (χ1v) is 12.1. The van der Waals surface area contributed by atoms with Gasteiger partial charge in [-0.25, -0.2) is 14.5 Å². The summed E-state index contributed by atoms with van der Waals surface area (Å²) in [4.78, 5) is 24.7. The second-order valence-electron chi connectivity index (χ2n) is 10.2. The Kier molecular flexibility index (Phi) is 4.48. The molecule has 0 unspecified atom stereocenters. The number of aromatic nitrogens is 4. The number of carbonyl (C=O) groups excluding carboxylic acids is 1. The highest BCUT2D eigenvalue weighted by Crippen LogP contribution is 2.40. The Morgan fingerprint density at radius 2 is 1.86 bits per heavy atom. The number of nitrogens with zero attached hydrogens (tertiary/aromatic N) is 5. The molecule has 1 aromatic carbocycles. The molecule has 0 bridgehead atoms. The van der Waals surface area contributed by atoms with Gasteiger partial charge < -0.3 is 15.0 Å². The van der Waals surface area contributed by atoms with Crippen molar-refractivity contribution >= 4 is 22.8 Å². The molecule has 8 heteroatoms. The van der Waals surface area contributed by atoms with E-state index >= 15 is 0 Å². The zero-order chi connectivity index (χ0) is 23.6. The lowest BCUT2D eigenvalue weighted by atomic mass is 9.78. The first-order chi connectivity index (χ1) is 17.1. The van der Waals surface area contributed by atoms with Crippen LogP contribution in [0.25, 0.3) is 16.6 Å². The largest absolute Gasteiger partial charge is 0.380 e. The lowest BCUT2D eigenvalue weighted by Crippen LogP contribution is -2.66. The van der Waals surface area contributed by atoms with Crippen LogP contribution >= 0.6 is 0 Å². The summed E-state index contributed by atoms with van der Waals surface area (Å²) in [5.41, 5.74) is 6.46. The third kappa shape index (κ3) is 3.56. The van der Waals surface area contributed by atoms with Gasteiger partial charge in [-0.15, -0.1) is 0 Å². The van der Waals surface area contributed by atoms with Gasteiger partial charge in [0, 0.05) is 54.5 Å². The minimum Gasteiger partial charge on any atom is -0.380 e. The van der Waals surface area contributed by atoms with Crippen molar-refractivity contribution in [2.75, 3.05) is 36.5 Å². The second kappa shape index (κ2) is 7.61. The van der Waals surface area contributed by atoms with E-state index in [4.69, 9.17) is 4.74 Å². The molecule has 4 aromatic rings. The molecule has 7 rings (SSSR count). The van der Waals surface area contributed by atoms with Crippen LogP contribution < -0.4 is 10.2 Å². The van der Waals surface area contributed by atoms with E-state index < -0.39 is 0 Å². The van der Waals surface area contributed by atoms with Crippen molar-refractivity contribution in [1.29, 1.82) is 0 Å². The summed E-state index contributed by atoms with van der Waals surface area (Å²) < 4.78 is 7.14. The Morgan fingerprint density at radius 1 is 1.06 bits per heavy atom. The normalized spacial score (nSPS) is 18.4. The van der Waals surface area contributed by atoms with Crippen molar-refractivity contribution in [2.24, 2.45) is 5.41 Å². The third-order valence-corrected chi connectivity index (χ3v) is 7.42. The number of hydrogen-bond donors (Lipinski definition) is 1. The molecule has 2 aliphatic heterocycles. The fourth-order valence-corrected chi connectivity index (χ4v) is 5.03. The topological polar surface area (TPSA) is 84.7 Å². The summed E-state index contributed by atoms with van der Waals surface area (Å²) in [6.45, 7) is 5.68. The first-order valence-electron chi connectivity index (χ1n) is 12.1. The van der Waals surface area contributed by atoms with E-state index in [1.165, 1.54) is 12.8 Å². The molecule has 2 saturated heterocycles. The predicted octanol–water partition coefficient (Wildman–Crippen LogP) is 4.07. The Labute approximate surface area is 203 Å². The molecule has 1 aliphatic carbocycles.